The Balaban J connectivity index is 1.56. The molecule has 0 aliphatic carbocycles. The molecule has 5 heterocycles. The van der Waals surface area contributed by atoms with Crippen molar-refractivity contribution in [2.45, 2.75) is 45.3 Å². The number of nitrogens with one attached hydrogen (secondary N) is 2. The van der Waals surface area contributed by atoms with Crippen molar-refractivity contribution >= 4 is 44.8 Å². The van der Waals surface area contributed by atoms with Gasteiger partial charge in [0, 0.05) is 59.5 Å². The van der Waals surface area contributed by atoms with E-state index in [9.17, 15) is 9.59 Å². The Kier molecular flexibility index (Phi) is 3.90. The maximum Gasteiger partial charge on any atom is 0.259 e. The molecule has 170 valence electrons. The molecule has 6 nitrogen and oxygen atoms in total. The molecule has 6 heteroatoms. The van der Waals surface area contributed by atoms with Crippen LogP contribution >= 0.6 is 0 Å². The second kappa shape index (κ2) is 6.70. The summed E-state index contributed by atoms with van der Waals surface area (Å²) >= 11 is 0. The van der Waals surface area contributed by atoms with E-state index in [0.29, 0.717) is 11.1 Å². The molecule has 3 aliphatic heterocycles. The van der Waals surface area contributed by atoms with Crippen molar-refractivity contribution in [3.8, 4) is 0 Å². The highest BCUT2D eigenvalue weighted by Crippen LogP contribution is 2.43. The molecule has 0 spiro atoms. The van der Waals surface area contributed by atoms with Crippen LogP contribution in [0.15, 0.2) is 48.8 Å². The summed E-state index contributed by atoms with van der Waals surface area (Å²) in [6.07, 6.45) is 6.20. The highest BCUT2D eigenvalue weighted by molar-refractivity contribution is 6.50. The number of carbonyl (C=O) groups is 2. The van der Waals surface area contributed by atoms with E-state index in [4.69, 9.17) is 0 Å². The third-order valence-corrected chi connectivity index (χ3v) is 7.86. The third-order valence-electron chi connectivity index (χ3n) is 7.86. The van der Waals surface area contributed by atoms with Gasteiger partial charge in [0.25, 0.3) is 11.8 Å². The average Bonchev–Trinajstić information content (AvgIpc) is 3.41. The van der Waals surface area contributed by atoms with Crippen LogP contribution in [-0.2, 0) is 34.6 Å². The van der Waals surface area contributed by atoms with Crippen molar-refractivity contribution in [2.75, 3.05) is 6.54 Å². The molecule has 2 N–H and O–H groups in total. The van der Waals surface area contributed by atoms with Gasteiger partial charge in [0.05, 0.1) is 22.2 Å². The minimum Gasteiger partial charge on any atom is -0.345 e. The predicted octanol–water partition coefficient (Wildman–Crippen LogP) is 3.95. The van der Waals surface area contributed by atoms with Crippen LogP contribution in [0.4, 0.5) is 0 Å². The quantitative estimate of drug-likeness (QED) is 0.455. The molecule has 0 fully saturated rings. The van der Waals surface area contributed by atoms with Gasteiger partial charge in [0.15, 0.2) is 0 Å². The third kappa shape index (κ3) is 2.54. The normalized spacial score (nSPS) is 19.2. The van der Waals surface area contributed by atoms with Crippen molar-refractivity contribution < 1.29 is 9.59 Å². The van der Waals surface area contributed by atoms with Gasteiger partial charge >= 0.3 is 0 Å². The first-order valence-electron chi connectivity index (χ1n) is 12.0. The van der Waals surface area contributed by atoms with E-state index in [0.717, 1.165) is 59.9 Å². The number of aryl methyl sites for hydroxylation is 1. The van der Waals surface area contributed by atoms with Gasteiger partial charge in [-0.2, -0.15) is 0 Å². The number of imide groups is 1. The lowest BCUT2D eigenvalue weighted by molar-refractivity contribution is -0.122. The number of carbonyl (C=O) groups excluding carboxylic acids is 2. The smallest absolute Gasteiger partial charge is 0.259 e. The number of nitrogens with zero attached hydrogens (tertiary/aromatic N) is 2. The van der Waals surface area contributed by atoms with Gasteiger partial charge in [-0.25, -0.2) is 0 Å². The number of para-hydroxylation sites is 2. The number of amides is 2. The van der Waals surface area contributed by atoms with Gasteiger partial charge in [0.1, 0.15) is 0 Å². The van der Waals surface area contributed by atoms with Crippen molar-refractivity contribution in [3.05, 3.63) is 71.0 Å². The highest BCUT2D eigenvalue weighted by atomic mass is 16.2. The van der Waals surface area contributed by atoms with Gasteiger partial charge in [-0.1, -0.05) is 36.4 Å². The molecule has 0 unspecified atom stereocenters. The van der Waals surface area contributed by atoms with E-state index in [-0.39, 0.29) is 17.4 Å². The lowest BCUT2D eigenvalue weighted by atomic mass is 9.90. The zero-order valence-corrected chi connectivity index (χ0v) is 19.4. The second-order valence-corrected chi connectivity index (χ2v) is 10.3. The Hall–Kier alpha value is -3.64. The zero-order valence-electron chi connectivity index (χ0n) is 19.4. The first-order chi connectivity index (χ1) is 16.4. The van der Waals surface area contributed by atoms with Gasteiger partial charge in [-0.3, -0.25) is 14.9 Å². The topological polar surface area (TPSA) is 68.1 Å². The molecule has 4 aromatic rings. The average molecular weight is 451 g/mol. The van der Waals surface area contributed by atoms with Crippen LogP contribution in [0.25, 0.3) is 33.0 Å². The standard InChI is InChI=1S/C28H26N4O2/c1-28(2)10-9-16-5-3-8-19-21(15-32(28)25(16)19)23-22(26(33)30-27(23)34)20-14-31-12-11-29-13-17-6-4-7-18(20)24(17)31/h3-8,14-15,29H,9-13H2,1-2H3,(H,30,33,34). The fourth-order valence-corrected chi connectivity index (χ4v) is 6.14. The molecule has 2 amide bonds. The maximum atomic E-state index is 13.3. The molecule has 34 heavy (non-hydrogen) atoms. The molecule has 0 atom stereocenters. The van der Waals surface area contributed by atoms with Crippen LogP contribution in [-0.4, -0.2) is 27.5 Å². The largest absolute Gasteiger partial charge is 0.345 e. The van der Waals surface area contributed by atoms with Crippen molar-refractivity contribution in [1.82, 2.24) is 19.8 Å². The SMILES string of the molecule is CC1(C)CCc2cccc3c(C4=C(c5cn6c7c(cccc57)CNCC6)C(=O)NC4=O)cn1c23. The first kappa shape index (κ1) is 19.8. The van der Waals surface area contributed by atoms with E-state index in [1.54, 1.807) is 0 Å². The molecule has 0 saturated heterocycles. The highest BCUT2D eigenvalue weighted by Gasteiger charge is 2.37. The minimum absolute atomic E-state index is 0.0560. The van der Waals surface area contributed by atoms with Crippen molar-refractivity contribution in [2.24, 2.45) is 0 Å². The minimum atomic E-state index is -0.314. The van der Waals surface area contributed by atoms with Crippen LogP contribution in [0.1, 0.15) is 42.5 Å². The summed E-state index contributed by atoms with van der Waals surface area (Å²) in [4.78, 5) is 26.6. The van der Waals surface area contributed by atoms with E-state index >= 15 is 0 Å². The van der Waals surface area contributed by atoms with Crippen molar-refractivity contribution in [3.63, 3.8) is 0 Å². The molecular formula is C28H26N4O2. The summed E-state index contributed by atoms with van der Waals surface area (Å²) in [6.45, 7) is 6.96. The van der Waals surface area contributed by atoms with Crippen LogP contribution in [0.3, 0.4) is 0 Å². The van der Waals surface area contributed by atoms with E-state index in [1.807, 2.05) is 6.07 Å². The molecule has 0 radical (unpaired) electrons. The van der Waals surface area contributed by atoms with Crippen LogP contribution in [0, 0.1) is 0 Å². The molecule has 0 saturated carbocycles. The van der Waals surface area contributed by atoms with E-state index in [2.05, 4.69) is 76.3 Å². The Morgan fingerprint density at radius 2 is 1.53 bits per heavy atom. The fraction of sp³-hybridized carbons (Fsp3) is 0.286. The van der Waals surface area contributed by atoms with Gasteiger partial charge in [0.2, 0.25) is 0 Å². The fourth-order valence-electron chi connectivity index (χ4n) is 6.14. The van der Waals surface area contributed by atoms with Crippen LogP contribution in [0.2, 0.25) is 0 Å². The van der Waals surface area contributed by atoms with Gasteiger partial charge < -0.3 is 14.5 Å². The number of rotatable bonds is 2. The summed E-state index contributed by atoms with van der Waals surface area (Å²) in [5, 5.41) is 8.13. The second-order valence-electron chi connectivity index (χ2n) is 10.3. The number of benzene rings is 2. The van der Waals surface area contributed by atoms with Crippen LogP contribution in [0.5, 0.6) is 0 Å². The monoisotopic (exact) mass is 450 g/mol. The molecule has 7 rings (SSSR count). The molecule has 2 aromatic heterocycles. The van der Waals surface area contributed by atoms with E-state index < -0.39 is 0 Å². The Morgan fingerprint density at radius 3 is 2.29 bits per heavy atom. The number of hydrogen-bond donors (Lipinski definition) is 2. The number of aromatic nitrogens is 2. The predicted molar refractivity (Wildman–Crippen MR) is 133 cm³/mol. The summed E-state index contributed by atoms with van der Waals surface area (Å²) in [7, 11) is 0. The summed E-state index contributed by atoms with van der Waals surface area (Å²) < 4.78 is 4.53. The van der Waals surface area contributed by atoms with Gasteiger partial charge in [-0.05, 0) is 37.8 Å². The Labute approximate surface area is 197 Å². The Morgan fingerprint density at radius 1 is 0.853 bits per heavy atom. The van der Waals surface area contributed by atoms with Crippen molar-refractivity contribution in [1.29, 1.82) is 0 Å². The maximum absolute atomic E-state index is 13.3. The summed E-state index contributed by atoms with van der Waals surface area (Å²) in [5.41, 5.74) is 7.43. The molecule has 0 bridgehead atoms. The zero-order chi connectivity index (χ0) is 23.2. The number of hydrogen-bond acceptors (Lipinski definition) is 3. The first-order valence-corrected chi connectivity index (χ1v) is 12.0. The van der Waals surface area contributed by atoms with Crippen LogP contribution < -0.4 is 10.6 Å². The molecule has 2 aromatic carbocycles. The lowest BCUT2D eigenvalue weighted by Crippen LogP contribution is -2.29. The summed E-state index contributed by atoms with van der Waals surface area (Å²) in [6, 6.07) is 12.6. The molecule has 3 aliphatic rings. The lowest BCUT2D eigenvalue weighted by Gasteiger charge is -2.33. The summed E-state index contributed by atoms with van der Waals surface area (Å²) in [5.74, 6) is -0.627. The van der Waals surface area contributed by atoms with Gasteiger partial charge in [-0.15, -0.1) is 0 Å². The van der Waals surface area contributed by atoms with E-state index in [1.165, 1.54) is 16.6 Å². The Bertz CT molecular complexity index is 1600. The molecular weight excluding hydrogens is 424 g/mol.